The van der Waals surface area contributed by atoms with Crippen molar-refractivity contribution in [3.8, 4) is 0 Å². The van der Waals surface area contributed by atoms with Crippen molar-refractivity contribution in [2.24, 2.45) is 5.92 Å². The van der Waals surface area contributed by atoms with Gasteiger partial charge in [-0.25, -0.2) is 4.79 Å². The van der Waals surface area contributed by atoms with Crippen LogP contribution in [-0.4, -0.2) is 55.9 Å². The van der Waals surface area contributed by atoms with Crippen LogP contribution in [0, 0.1) is 5.92 Å². The summed E-state index contributed by atoms with van der Waals surface area (Å²) in [6, 6.07) is -0.0947. The van der Waals surface area contributed by atoms with Crippen molar-refractivity contribution in [3.63, 3.8) is 0 Å². The normalized spacial score (nSPS) is 24.1. The van der Waals surface area contributed by atoms with Crippen molar-refractivity contribution < 1.29 is 19.1 Å². The first-order valence-corrected chi connectivity index (χ1v) is 6.96. The summed E-state index contributed by atoms with van der Waals surface area (Å²) in [6.07, 6.45) is 0.740. The summed E-state index contributed by atoms with van der Waals surface area (Å²) in [4.78, 5) is 25.4. The Hall–Kier alpha value is -1.30. The molecular formula is C14H26N2O4. The number of alkyl carbamates (subject to hydrolysis) is 1. The van der Waals surface area contributed by atoms with Crippen molar-refractivity contribution in [2.45, 2.75) is 45.3 Å². The first-order valence-electron chi connectivity index (χ1n) is 6.96. The lowest BCUT2D eigenvalue weighted by molar-refractivity contribution is -0.142. The zero-order valence-corrected chi connectivity index (χ0v) is 13.1. The van der Waals surface area contributed by atoms with Crippen LogP contribution < -0.4 is 5.32 Å². The highest BCUT2D eigenvalue weighted by Gasteiger charge is 2.32. The minimum Gasteiger partial charge on any atom is -0.469 e. The molecule has 0 aromatic rings. The minimum absolute atomic E-state index is 0.0890. The highest BCUT2D eigenvalue weighted by molar-refractivity contribution is 5.70. The van der Waals surface area contributed by atoms with Crippen LogP contribution in [0.15, 0.2) is 0 Å². The Bertz CT molecular complexity index is 352. The number of nitrogens with one attached hydrogen (secondary N) is 1. The van der Waals surface area contributed by atoms with E-state index in [2.05, 4.69) is 10.2 Å². The topological polar surface area (TPSA) is 67.9 Å². The van der Waals surface area contributed by atoms with E-state index < -0.39 is 11.7 Å². The molecule has 1 aliphatic heterocycles. The zero-order valence-electron chi connectivity index (χ0n) is 13.1. The molecule has 2 atom stereocenters. The molecule has 1 amide bonds. The Morgan fingerprint density at radius 3 is 2.55 bits per heavy atom. The number of esters is 1. The minimum atomic E-state index is -0.525. The van der Waals surface area contributed by atoms with Crippen LogP contribution >= 0.6 is 0 Å². The van der Waals surface area contributed by atoms with Crippen LogP contribution in [0.5, 0.6) is 0 Å². The van der Waals surface area contributed by atoms with E-state index in [0.29, 0.717) is 13.0 Å². The molecule has 6 heteroatoms. The van der Waals surface area contributed by atoms with Gasteiger partial charge >= 0.3 is 12.1 Å². The third-order valence-electron chi connectivity index (χ3n) is 3.32. The maximum Gasteiger partial charge on any atom is 0.407 e. The first kappa shape index (κ1) is 16.8. The molecule has 0 aromatic carbocycles. The number of likely N-dealkylation sites (tertiary alicyclic amines) is 1. The van der Waals surface area contributed by atoms with Gasteiger partial charge < -0.3 is 19.7 Å². The highest BCUT2D eigenvalue weighted by Crippen LogP contribution is 2.21. The number of piperidine rings is 1. The average Bonchev–Trinajstić information content (AvgIpc) is 2.29. The summed E-state index contributed by atoms with van der Waals surface area (Å²) < 4.78 is 9.99. The second kappa shape index (κ2) is 6.92. The summed E-state index contributed by atoms with van der Waals surface area (Å²) in [5.74, 6) is -0.151. The molecule has 20 heavy (non-hydrogen) atoms. The number of rotatable bonds is 3. The van der Waals surface area contributed by atoms with Gasteiger partial charge in [0, 0.05) is 12.6 Å². The Balaban J connectivity index is 2.61. The van der Waals surface area contributed by atoms with Crippen molar-refractivity contribution in [3.05, 3.63) is 0 Å². The molecule has 0 aromatic heterocycles. The van der Waals surface area contributed by atoms with E-state index in [1.165, 1.54) is 7.11 Å². The van der Waals surface area contributed by atoms with E-state index in [-0.39, 0.29) is 17.9 Å². The number of ether oxygens (including phenoxy) is 2. The van der Waals surface area contributed by atoms with Gasteiger partial charge in [0.15, 0.2) is 0 Å². The van der Waals surface area contributed by atoms with Gasteiger partial charge in [0.25, 0.3) is 0 Å². The standard InChI is InChI=1S/C14H26N2O4/c1-14(2,3)20-13(18)15-11-9-16(4)7-6-10(11)8-12(17)19-5/h10-11H,6-9H2,1-5H3,(H,15,18)/t10-,11-/m1/s1. The van der Waals surface area contributed by atoms with E-state index in [1.807, 2.05) is 27.8 Å². The number of hydrogen-bond donors (Lipinski definition) is 1. The molecule has 0 aliphatic carbocycles. The lowest BCUT2D eigenvalue weighted by Gasteiger charge is -2.37. The molecule has 1 saturated heterocycles. The third kappa shape index (κ3) is 5.77. The fourth-order valence-corrected chi connectivity index (χ4v) is 2.33. The maximum atomic E-state index is 11.9. The number of likely N-dealkylation sites (N-methyl/N-ethyl adjacent to an activating group) is 1. The lowest BCUT2D eigenvalue weighted by atomic mass is 9.89. The monoisotopic (exact) mass is 286 g/mol. The van der Waals surface area contributed by atoms with Crippen LogP contribution in [-0.2, 0) is 14.3 Å². The van der Waals surface area contributed by atoms with E-state index in [4.69, 9.17) is 9.47 Å². The second-order valence-electron chi connectivity index (χ2n) is 6.34. The Morgan fingerprint density at radius 2 is 2.00 bits per heavy atom. The molecule has 1 rings (SSSR count). The van der Waals surface area contributed by atoms with E-state index in [0.717, 1.165) is 13.0 Å². The van der Waals surface area contributed by atoms with Crippen molar-refractivity contribution >= 4 is 12.1 Å². The molecular weight excluding hydrogens is 260 g/mol. The Morgan fingerprint density at radius 1 is 1.35 bits per heavy atom. The van der Waals surface area contributed by atoms with Gasteiger partial charge in [0.2, 0.25) is 0 Å². The first-order chi connectivity index (χ1) is 9.21. The van der Waals surface area contributed by atoms with Gasteiger partial charge in [-0.15, -0.1) is 0 Å². The predicted molar refractivity (Wildman–Crippen MR) is 75.4 cm³/mol. The van der Waals surface area contributed by atoms with E-state index in [1.54, 1.807) is 0 Å². The summed E-state index contributed by atoms with van der Waals surface area (Å²) >= 11 is 0. The molecule has 0 spiro atoms. The Kier molecular flexibility index (Phi) is 5.80. The second-order valence-corrected chi connectivity index (χ2v) is 6.34. The molecule has 0 bridgehead atoms. The van der Waals surface area contributed by atoms with Crippen LogP contribution in [0.1, 0.15) is 33.6 Å². The highest BCUT2D eigenvalue weighted by atomic mass is 16.6. The summed E-state index contributed by atoms with van der Waals surface area (Å²) in [5.41, 5.74) is -0.525. The van der Waals surface area contributed by atoms with Gasteiger partial charge in [-0.2, -0.15) is 0 Å². The van der Waals surface area contributed by atoms with E-state index in [9.17, 15) is 9.59 Å². The number of nitrogens with zero attached hydrogens (tertiary/aromatic N) is 1. The third-order valence-corrected chi connectivity index (χ3v) is 3.32. The maximum absolute atomic E-state index is 11.9. The van der Waals surface area contributed by atoms with E-state index >= 15 is 0 Å². The number of hydrogen-bond acceptors (Lipinski definition) is 5. The van der Waals surface area contributed by atoms with Gasteiger partial charge in [0.05, 0.1) is 13.5 Å². The molecule has 116 valence electrons. The summed E-state index contributed by atoms with van der Waals surface area (Å²) in [7, 11) is 3.38. The number of amides is 1. The fraction of sp³-hybridized carbons (Fsp3) is 0.857. The number of carbonyl (C=O) groups excluding carboxylic acids is 2. The van der Waals surface area contributed by atoms with Gasteiger partial charge in [-0.1, -0.05) is 0 Å². The molecule has 0 unspecified atom stereocenters. The molecule has 1 fully saturated rings. The quantitative estimate of drug-likeness (QED) is 0.794. The van der Waals surface area contributed by atoms with Crippen LogP contribution in [0.3, 0.4) is 0 Å². The SMILES string of the molecule is COC(=O)C[C@H]1CCN(C)C[C@H]1NC(=O)OC(C)(C)C. The van der Waals surface area contributed by atoms with Gasteiger partial charge in [-0.05, 0) is 46.7 Å². The molecule has 0 saturated carbocycles. The molecule has 6 nitrogen and oxygen atoms in total. The Labute approximate surface area is 120 Å². The molecule has 1 heterocycles. The van der Waals surface area contributed by atoms with Crippen molar-refractivity contribution in [1.29, 1.82) is 0 Å². The summed E-state index contributed by atoms with van der Waals surface area (Å²) in [5, 5.41) is 2.87. The molecule has 0 radical (unpaired) electrons. The molecule has 1 aliphatic rings. The number of carbonyl (C=O) groups is 2. The van der Waals surface area contributed by atoms with Crippen molar-refractivity contribution in [1.82, 2.24) is 10.2 Å². The fourth-order valence-electron chi connectivity index (χ4n) is 2.33. The van der Waals surface area contributed by atoms with Crippen LogP contribution in [0.25, 0.3) is 0 Å². The smallest absolute Gasteiger partial charge is 0.407 e. The lowest BCUT2D eigenvalue weighted by Crippen LogP contribution is -2.52. The largest absolute Gasteiger partial charge is 0.469 e. The van der Waals surface area contributed by atoms with Gasteiger partial charge in [0.1, 0.15) is 5.60 Å². The summed E-state index contributed by atoms with van der Waals surface area (Å²) in [6.45, 7) is 7.09. The average molecular weight is 286 g/mol. The zero-order chi connectivity index (χ0) is 15.3. The number of methoxy groups -OCH3 is 1. The molecule has 1 N–H and O–H groups in total. The van der Waals surface area contributed by atoms with Crippen molar-refractivity contribution in [2.75, 3.05) is 27.2 Å². The van der Waals surface area contributed by atoms with Gasteiger partial charge in [-0.3, -0.25) is 4.79 Å². The van der Waals surface area contributed by atoms with Crippen LogP contribution in [0.4, 0.5) is 4.79 Å². The predicted octanol–water partition coefficient (Wildman–Crippen LogP) is 1.39. The van der Waals surface area contributed by atoms with Crippen LogP contribution in [0.2, 0.25) is 0 Å².